The van der Waals surface area contributed by atoms with E-state index in [1.807, 2.05) is 0 Å². The third-order valence-corrected chi connectivity index (χ3v) is 8.79. The van der Waals surface area contributed by atoms with Crippen LogP contribution >= 0.6 is 0 Å². The first-order valence-corrected chi connectivity index (χ1v) is 13.8. The zero-order valence-electron chi connectivity index (χ0n) is 23.0. The summed E-state index contributed by atoms with van der Waals surface area (Å²) in [6.45, 7) is 9.30. The van der Waals surface area contributed by atoms with Gasteiger partial charge in [0.05, 0.1) is 18.3 Å². The van der Waals surface area contributed by atoms with E-state index in [0.29, 0.717) is 22.5 Å². The monoisotopic (exact) mass is 588 g/mol. The molecule has 228 valence electrons. The standard InChI is InChI=1S/C30H36O12/c1-12-8-20(39-29(38)18(33)9-15-4-6-16(32)7-5-15)23-14(3)28(37)42-27(23)22-13(2)19(10-17(12)22)40-30-26(36)25(35)24(34)21(11-31)41-30/h4-7,17-18,20-27,30-36H,1,3,8-11H2,2H3/t17-,18+,20+,21+,22-,23+,24+,25+,26-,27+,30+/m0/s1. The Bertz CT molecular complexity index is 1270. The molecule has 6 N–H and O–H groups in total. The van der Waals surface area contributed by atoms with Gasteiger partial charge in [0.2, 0.25) is 6.29 Å². The van der Waals surface area contributed by atoms with Crippen LogP contribution in [0.15, 0.2) is 59.9 Å². The Balaban J connectivity index is 1.35. The molecule has 3 fully saturated rings. The number of aromatic hydroxyl groups is 1. The van der Waals surface area contributed by atoms with E-state index in [1.165, 1.54) is 12.1 Å². The lowest BCUT2D eigenvalue weighted by molar-refractivity contribution is -0.292. The van der Waals surface area contributed by atoms with E-state index in [-0.39, 0.29) is 36.5 Å². The Kier molecular flexibility index (Phi) is 8.48. The number of carbonyl (C=O) groups excluding carboxylic acids is 2. The second kappa shape index (κ2) is 11.8. The van der Waals surface area contributed by atoms with Crippen molar-refractivity contribution in [3.05, 3.63) is 65.5 Å². The SMILES string of the molecule is C=C1C(=O)O[C@@H]2[C@H]3C(C)=C(O[C@@H]4O[C@H](CO)[C@@H](O)[C@@H](O)[C@@H]4O)C[C@H]3C(=C)C[C@@H](OC(=O)[C@H](O)Cc3ccc(O)cc3)[C@@H]12. The molecule has 2 aliphatic carbocycles. The Morgan fingerprint density at radius 1 is 1.07 bits per heavy atom. The van der Waals surface area contributed by atoms with Gasteiger partial charge < -0.3 is 49.6 Å². The molecule has 1 aromatic rings. The number of hydrogen-bond acceptors (Lipinski definition) is 12. The van der Waals surface area contributed by atoms with Gasteiger partial charge in [0.1, 0.15) is 42.4 Å². The summed E-state index contributed by atoms with van der Waals surface area (Å²) in [4.78, 5) is 25.7. The molecule has 0 bridgehead atoms. The second-order valence-corrected chi connectivity index (χ2v) is 11.4. The van der Waals surface area contributed by atoms with Crippen molar-refractivity contribution in [1.29, 1.82) is 0 Å². The summed E-state index contributed by atoms with van der Waals surface area (Å²) >= 11 is 0. The number of hydrogen-bond donors (Lipinski definition) is 6. The molecule has 1 aromatic carbocycles. The number of phenolic OH excluding ortho intramolecular Hbond substituents is 1. The highest BCUT2D eigenvalue weighted by Gasteiger charge is 2.56. The number of benzene rings is 1. The fraction of sp³-hybridized carbons (Fsp3) is 0.533. The van der Waals surface area contributed by atoms with Crippen molar-refractivity contribution in [2.24, 2.45) is 17.8 Å². The molecule has 0 amide bonds. The van der Waals surface area contributed by atoms with Gasteiger partial charge in [-0.05, 0) is 36.1 Å². The van der Waals surface area contributed by atoms with Gasteiger partial charge in [-0.3, -0.25) is 0 Å². The van der Waals surface area contributed by atoms with Crippen LogP contribution in [-0.4, -0.2) is 98.2 Å². The maximum Gasteiger partial charge on any atom is 0.335 e. The number of phenols is 1. The molecular formula is C30H36O12. The Morgan fingerprint density at radius 2 is 1.76 bits per heavy atom. The number of rotatable bonds is 7. The first-order chi connectivity index (χ1) is 19.9. The maximum atomic E-state index is 13.0. The molecular weight excluding hydrogens is 552 g/mol. The predicted octanol–water partition coefficient (Wildman–Crippen LogP) is -0.00830. The van der Waals surface area contributed by atoms with Crippen molar-refractivity contribution < 1.29 is 59.2 Å². The van der Waals surface area contributed by atoms with Crippen molar-refractivity contribution in [2.75, 3.05) is 6.61 Å². The van der Waals surface area contributed by atoms with Gasteiger partial charge in [-0.2, -0.15) is 0 Å². The van der Waals surface area contributed by atoms with Crippen molar-refractivity contribution in [3.63, 3.8) is 0 Å². The number of aliphatic hydroxyl groups excluding tert-OH is 5. The van der Waals surface area contributed by atoms with Gasteiger partial charge >= 0.3 is 11.9 Å². The summed E-state index contributed by atoms with van der Waals surface area (Å²) < 4.78 is 23.0. The van der Waals surface area contributed by atoms with Gasteiger partial charge in [-0.1, -0.05) is 30.9 Å². The first-order valence-electron chi connectivity index (χ1n) is 13.8. The summed E-state index contributed by atoms with van der Waals surface area (Å²) in [5.74, 6) is -2.49. The van der Waals surface area contributed by atoms with Crippen molar-refractivity contribution in [2.45, 2.75) is 75.2 Å². The molecule has 12 nitrogen and oxygen atoms in total. The Hall–Kier alpha value is -3.26. The molecule has 4 aliphatic rings. The van der Waals surface area contributed by atoms with Gasteiger partial charge in [0.25, 0.3) is 0 Å². The smallest absolute Gasteiger partial charge is 0.335 e. The summed E-state index contributed by atoms with van der Waals surface area (Å²) in [5, 5.41) is 60.3. The van der Waals surface area contributed by atoms with Crippen molar-refractivity contribution in [1.82, 2.24) is 0 Å². The minimum absolute atomic E-state index is 0.0387. The van der Waals surface area contributed by atoms with Crippen LogP contribution in [0.25, 0.3) is 0 Å². The van der Waals surface area contributed by atoms with Gasteiger partial charge in [0, 0.05) is 30.8 Å². The predicted molar refractivity (Wildman–Crippen MR) is 143 cm³/mol. The molecule has 12 heteroatoms. The number of allylic oxidation sites excluding steroid dienone is 1. The maximum absolute atomic E-state index is 13.0. The average Bonchev–Trinajstić information content (AvgIpc) is 3.40. The molecule has 2 saturated heterocycles. The average molecular weight is 589 g/mol. The minimum Gasteiger partial charge on any atom is -0.508 e. The zero-order chi connectivity index (χ0) is 30.5. The van der Waals surface area contributed by atoms with Crippen LogP contribution in [0.5, 0.6) is 5.75 Å². The molecule has 42 heavy (non-hydrogen) atoms. The van der Waals surface area contributed by atoms with Crippen molar-refractivity contribution in [3.8, 4) is 5.75 Å². The highest BCUT2D eigenvalue weighted by molar-refractivity contribution is 5.91. The Morgan fingerprint density at radius 3 is 2.43 bits per heavy atom. The Labute approximate surface area is 242 Å². The number of esters is 2. The molecule has 0 unspecified atom stereocenters. The lowest BCUT2D eigenvalue weighted by atomic mass is 9.80. The summed E-state index contributed by atoms with van der Waals surface area (Å²) in [6, 6.07) is 6.06. The molecule has 0 spiro atoms. The van der Waals surface area contributed by atoms with E-state index in [0.717, 1.165) is 0 Å². The highest BCUT2D eigenvalue weighted by Crippen LogP contribution is 2.53. The highest BCUT2D eigenvalue weighted by atomic mass is 16.7. The number of aliphatic hydroxyl groups is 5. The van der Waals surface area contributed by atoms with E-state index in [4.69, 9.17) is 18.9 Å². The van der Waals surface area contributed by atoms with Crippen LogP contribution in [-0.2, 0) is 35.0 Å². The first kappa shape index (κ1) is 30.2. The number of fused-ring (bicyclic) bond motifs is 3. The van der Waals surface area contributed by atoms with Crippen LogP contribution in [0.3, 0.4) is 0 Å². The fourth-order valence-corrected chi connectivity index (χ4v) is 6.45. The van der Waals surface area contributed by atoms with Crippen LogP contribution in [0.2, 0.25) is 0 Å². The molecule has 2 aliphatic heterocycles. The number of ether oxygens (including phenoxy) is 4. The molecule has 2 heterocycles. The van der Waals surface area contributed by atoms with Gasteiger partial charge in [-0.25, -0.2) is 9.59 Å². The molecule has 0 radical (unpaired) electrons. The normalized spacial score (nSPS) is 37.0. The summed E-state index contributed by atoms with van der Waals surface area (Å²) in [6.07, 6.45) is -9.98. The van der Waals surface area contributed by atoms with Crippen molar-refractivity contribution >= 4 is 11.9 Å². The van der Waals surface area contributed by atoms with Crippen LogP contribution in [0.1, 0.15) is 25.3 Å². The van der Waals surface area contributed by atoms with Crippen LogP contribution in [0, 0.1) is 17.8 Å². The molecule has 0 aromatic heterocycles. The summed E-state index contributed by atoms with van der Waals surface area (Å²) in [5.41, 5.74) is 2.12. The van der Waals surface area contributed by atoms with E-state index >= 15 is 0 Å². The van der Waals surface area contributed by atoms with E-state index in [2.05, 4.69) is 13.2 Å². The number of carbonyl (C=O) groups is 2. The lowest BCUT2D eigenvalue weighted by Crippen LogP contribution is -2.59. The lowest BCUT2D eigenvalue weighted by Gasteiger charge is -2.40. The minimum atomic E-state index is -1.60. The van der Waals surface area contributed by atoms with Gasteiger partial charge in [-0.15, -0.1) is 0 Å². The van der Waals surface area contributed by atoms with Crippen LogP contribution in [0.4, 0.5) is 0 Å². The zero-order valence-corrected chi connectivity index (χ0v) is 23.0. The second-order valence-electron chi connectivity index (χ2n) is 11.4. The molecule has 5 rings (SSSR count). The van der Waals surface area contributed by atoms with E-state index in [1.54, 1.807) is 19.1 Å². The topological polar surface area (TPSA) is 192 Å². The van der Waals surface area contributed by atoms with Crippen LogP contribution < -0.4 is 0 Å². The molecule has 11 atom stereocenters. The fourth-order valence-electron chi connectivity index (χ4n) is 6.45. The molecule has 1 saturated carbocycles. The quantitative estimate of drug-likeness (QED) is 0.142. The van der Waals surface area contributed by atoms with E-state index < -0.39 is 79.4 Å². The van der Waals surface area contributed by atoms with E-state index in [9.17, 15) is 40.2 Å². The van der Waals surface area contributed by atoms with Gasteiger partial charge in [0.15, 0.2) is 6.10 Å². The summed E-state index contributed by atoms with van der Waals surface area (Å²) in [7, 11) is 0. The largest absolute Gasteiger partial charge is 0.508 e. The third-order valence-electron chi connectivity index (χ3n) is 8.79. The third kappa shape index (κ3) is 5.46.